The van der Waals surface area contributed by atoms with Crippen molar-refractivity contribution in [3.05, 3.63) is 89.8 Å². The number of aliphatic carboxylic acids is 1. The first-order valence-corrected chi connectivity index (χ1v) is 11.4. The van der Waals surface area contributed by atoms with E-state index < -0.39 is 18.0 Å². The van der Waals surface area contributed by atoms with Gasteiger partial charge in [0.25, 0.3) is 0 Å². The molecule has 3 amide bonds. The maximum atomic E-state index is 12.6. The normalized spacial score (nSPS) is 13.3. The van der Waals surface area contributed by atoms with Crippen LogP contribution >= 0.6 is 0 Å². The number of anilines is 2. The summed E-state index contributed by atoms with van der Waals surface area (Å²) in [5.41, 5.74) is 3.65. The third-order valence-electron chi connectivity index (χ3n) is 5.49. The van der Waals surface area contributed by atoms with Crippen LogP contribution in [-0.4, -0.2) is 41.6 Å². The van der Waals surface area contributed by atoms with Crippen molar-refractivity contribution < 1.29 is 24.2 Å². The number of hydrogen-bond acceptors (Lipinski definition) is 5. The summed E-state index contributed by atoms with van der Waals surface area (Å²) in [6.07, 6.45) is 9.04. The lowest BCUT2D eigenvalue weighted by molar-refractivity contribution is -0.137. The number of carboxylic acid groups (broad SMARTS) is 1. The molecule has 3 rings (SSSR count). The van der Waals surface area contributed by atoms with Gasteiger partial charge < -0.3 is 30.7 Å². The van der Waals surface area contributed by atoms with Gasteiger partial charge in [-0.1, -0.05) is 30.3 Å². The molecule has 1 aliphatic heterocycles. The summed E-state index contributed by atoms with van der Waals surface area (Å²) >= 11 is 0. The number of aryl methyl sites for hydroxylation is 1. The van der Waals surface area contributed by atoms with Crippen molar-refractivity contribution in [2.75, 3.05) is 24.3 Å². The van der Waals surface area contributed by atoms with Gasteiger partial charge in [-0.25, -0.2) is 4.79 Å². The SMILES string of the molecule is COc1cc(C(NC(C)=O)C2=CC=CN(CCC(=O)O)C=C2)ccc1NC(=O)Nc1ccccc1C. The molecule has 0 saturated heterocycles. The topological polar surface area (TPSA) is 120 Å². The van der Waals surface area contributed by atoms with Crippen LogP contribution in [0.3, 0.4) is 0 Å². The number of methoxy groups -OCH3 is 1. The summed E-state index contributed by atoms with van der Waals surface area (Å²) in [5.74, 6) is -0.664. The van der Waals surface area contributed by atoms with Crippen LogP contribution in [0, 0.1) is 6.92 Å². The van der Waals surface area contributed by atoms with Crippen molar-refractivity contribution in [3.8, 4) is 5.75 Å². The number of nitrogens with zero attached hydrogens (tertiary/aromatic N) is 1. The maximum absolute atomic E-state index is 12.6. The molecule has 1 aliphatic rings. The van der Waals surface area contributed by atoms with Crippen molar-refractivity contribution in [1.29, 1.82) is 0 Å². The quantitative estimate of drug-likeness (QED) is 0.409. The predicted molar refractivity (Wildman–Crippen MR) is 139 cm³/mol. The van der Waals surface area contributed by atoms with Gasteiger partial charge in [-0.05, 0) is 54.0 Å². The minimum atomic E-state index is -0.876. The molecule has 2 aromatic carbocycles. The van der Waals surface area contributed by atoms with E-state index in [1.54, 1.807) is 41.6 Å². The molecule has 1 heterocycles. The Morgan fingerprint density at radius 2 is 1.81 bits per heavy atom. The van der Waals surface area contributed by atoms with Crippen LogP contribution in [0.1, 0.15) is 30.5 Å². The summed E-state index contributed by atoms with van der Waals surface area (Å²) in [5, 5.41) is 17.5. The Balaban J connectivity index is 1.81. The number of rotatable bonds is 9. The van der Waals surface area contributed by atoms with E-state index >= 15 is 0 Å². The molecule has 9 nitrogen and oxygen atoms in total. The Hall–Kier alpha value is -4.53. The molecule has 4 N–H and O–H groups in total. The second kappa shape index (κ2) is 12.3. The summed E-state index contributed by atoms with van der Waals surface area (Å²) in [7, 11) is 1.50. The molecule has 2 aromatic rings. The zero-order chi connectivity index (χ0) is 26.1. The van der Waals surface area contributed by atoms with Crippen LogP contribution in [0.2, 0.25) is 0 Å². The first-order valence-electron chi connectivity index (χ1n) is 11.4. The number of urea groups is 1. The summed E-state index contributed by atoms with van der Waals surface area (Å²) < 4.78 is 5.53. The third kappa shape index (κ3) is 7.23. The van der Waals surface area contributed by atoms with Gasteiger partial charge in [0.1, 0.15) is 5.75 Å². The number of hydrogen-bond donors (Lipinski definition) is 4. The molecule has 0 aliphatic carbocycles. The van der Waals surface area contributed by atoms with Gasteiger partial charge in [0.05, 0.1) is 25.3 Å². The Kier molecular flexibility index (Phi) is 8.88. The highest BCUT2D eigenvalue weighted by Crippen LogP contribution is 2.32. The monoisotopic (exact) mass is 490 g/mol. The summed E-state index contributed by atoms with van der Waals surface area (Å²) in [6.45, 7) is 3.67. The van der Waals surface area contributed by atoms with Crippen molar-refractivity contribution in [3.63, 3.8) is 0 Å². The van der Waals surface area contributed by atoms with Crippen molar-refractivity contribution in [2.45, 2.75) is 26.3 Å². The average Bonchev–Trinajstić information content (AvgIpc) is 3.08. The molecular weight excluding hydrogens is 460 g/mol. The number of benzene rings is 2. The first kappa shape index (κ1) is 26.1. The lowest BCUT2D eigenvalue weighted by Gasteiger charge is -2.21. The number of ether oxygens (including phenoxy) is 1. The van der Waals surface area contributed by atoms with Gasteiger partial charge in [-0.3, -0.25) is 9.59 Å². The zero-order valence-corrected chi connectivity index (χ0v) is 20.4. The summed E-state index contributed by atoms with van der Waals surface area (Å²) in [4.78, 5) is 37.2. The summed E-state index contributed by atoms with van der Waals surface area (Å²) in [6, 6.07) is 11.8. The standard InChI is InChI=1S/C27H30N4O5/c1-18-7-4-5-9-22(18)29-27(35)30-23-11-10-21(17-24(23)36-3)26(28-19(2)32)20-8-6-14-31(15-12-20)16-13-25(33)34/h4-12,14-15,17,26H,13,16H2,1-3H3,(H,28,32)(H,33,34)(H2,29,30,35). The van der Waals surface area contributed by atoms with E-state index in [1.165, 1.54) is 14.0 Å². The fourth-order valence-corrected chi connectivity index (χ4v) is 3.66. The fourth-order valence-electron chi connectivity index (χ4n) is 3.66. The lowest BCUT2D eigenvalue weighted by Crippen LogP contribution is -2.27. The Bertz CT molecular complexity index is 1220. The highest BCUT2D eigenvalue weighted by Gasteiger charge is 2.19. The maximum Gasteiger partial charge on any atom is 0.323 e. The van der Waals surface area contributed by atoms with E-state index in [4.69, 9.17) is 9.84 Å². The van der Waals surface area contributed by atoms with Gasteiger partial charge in [-0.15, -0.1) is 0 Å². The molecule has 188 valence electrons. The number of carbonyl (C=O) groups is 3. The van der Waals surface area contributed by atoms with E-state index in [-0.39, 0.29) is 12.3 Å². The van der Waals surface area contributed by atoms with E-state index in [9.17, 15) is 14.4 Å². The minimum Gasteiger partial charge on any atom is -0.495 e. The molecule has 36 heavy (non-hydrogen) atoms. The number of para-hydroxylation sites is 1. The number of nitrogens with one attached hydrogen (secondary N) is 3. The second-order valence-corrected chi connectivity index (χ2v) is 8.19. The van der Waals surface area contributed by atoms with Gasteiger partial charge in [0, 0.05) is 31.6 Å². The Morgan fingerprint density at radius 1 is 1.06 bits per heavy atom. The van der Waals surface area contributed by atoms with Gasteiger partial charge in [0.2, 0.25) is 5.91 Å². The lowest BCUT2D eigenvalue weighted by atomic mass is 9.97. The van der Waals surface area contributed by atoms with Crippen molar-refractivity contribution >= 4 is 29.3 Å². The predicted octanol–water partition coefficient (Wildman–Crippen LogP) is 4.57. The van der Waals surface area contributed by atoms with Crippen LogP contribution in [0.15, 0.2) is 78.7 Å². The van der Waals surface area contributed by atoms with Crippen LogP contribution in [0.5, 0.6) is 5.75 Å². The second-order valence-electron chi connectivity index (χ2n) is 8.19. The van der Waals surface area contributed by atoms with Crippen LogP contribution in [0.4, 0.5) is 16.2 Å². The van der Waals surface area contributed by atoms with Gasteiger partial charge >= 0.3 is 12.0 Å². The average molecular weight is 491 g/mol. The zero-order valence-electron chi connectivity index (χ0n) is 20.4. The highest BCUT2D eigenvalue weighted by molar-refractivity contribution is 6.01. The van der Waals surface area contributed by atoms with Crippen LogP contribution in [0.25, 0.3) is 0 Å². The number of carbonyl (C=O) groups excluding carboxylic acids is 2. The van der Waals surface area contributed by atoms with Gasteiger partial charge in [0.15, 0.2) is 0 Å². The Labute approximate surface area is 210 Å². The Morgan fingerprint density at radius 3 is 2.50 bits per heavy atom. The van der Waals surface area contributed by atoms with Crippen LogP contribution in [-0.2, 0) is 9.59 Å². The van der Waals surface area contributed by atoms with Crippen molar-refractivity contribution in [2.24, 2.45) is 0 Å². The number of amides is 3. The minimum absolute atomic E-state index is 0.00220. The van der Waals surface area contributed by atoms with E-state index in [0.717, 1.165) is 16.7 Å². The number of allylic oxidation sites excluding steroid dienone is 2. The largest absolute Gasteiger partial charge is 0.495 e. The molecule has 0 fully saturated rings. The first-order chi connectivity index (χ1) is 17.3. The van der Waals surface area contributed by atoms with Crippen molar-refractivity contribution in [1.82, 2.24) is 10.2 Å². The molecule has 0 spiro atoms. The molecule has 0 aromatic heterocycles. The van der Waals surface area contributed by atoms with Crippen LogP contribution < -0.4 is 20.7 Å². The van der Waals surface area contributed by atoms with E-state index in [1.807, 2.05) is 43.3 Å². The molecule has 0 radical (unpaired) electrons. The molecule has 1 atom stereocenters. The molecule has 1 unspecified atom stereocenters. The van der Waals surface area contributed by atoms with E-state index in [0.29, 0.717) is 23.7 Å². The highest BCUT2D eigenvalue weighted by atomic mass is 16.5. The van der Waals surface area contributed by atoms with E-state index in [2.05, 4.69) is 16.0 Å². The number of carboxylic acids is 1. The smallest absolute Gasteiger partial charge is 0.323 e. The van der Waals surface area contributed by atoms with Gasteiger partial charge in [-0.2, -0.15) is 0 Å². The third-order valence-corrected chi connectivity index (χ3v) is 5.49. The molecule has 0 bridgehead atoms. The fraction of sp³-hybridized carbons (Fsp3) is 0.222. The molecule has 0 saturated carbocycles. The molecular formula is C27H30N4O5. The molecule has 9 heteroatoms.